The number of benzene rings is 2. The molecule has 0 bridgehead atoms. The molecule has 3 N–H and O–H groups in total. The fraction of sp³-hybridized carbons (Fsp3) is 0.176. The van der Waals surface area contributed by atoms with Gasteiger partial charge in [0.1, 0.15) is 0 Å². The van der Waals surface area contributed by atoms with Gasteiger partial charge in [-0.2, -0.15) is 0 Å². The van der Waals surface area contributed by atoms with Crippen LogP contribution in [0.1, 0.15) is 13.3 Å². The zero-order valence-corrected chi connectivity index (χ0v) is 13.5. The van der Waals surface area contributed by atoms with E-state index in [1.165, 1.54) is 0 Å². The Bertz CT molecular complexity index is 686. The average Bonchev–Trinajstić information content (AvgIpc) is 2.54. The highest BCUT2D eigenvalue weighted by Gasteiger charge is 2.04. The van der Waals surface area contributed by atoms with Crippen LogP contribution in [0, 0.1) is 0 Å². The Balaban J connectivity index is 1.88. The normalized spacial score (nSPS) is 10.0. The van der Waals surface area contributed by atoms with Crippen molar-refractivity contribution in [1.82, 2.24) is 0 Å². The summed E-state index contributed by atoms with van der Waals surface area (Å²) < 4.78 is 0. The maximum absolute atomic E-state index is 12.0. The largest absolute Gasteiger partial charge is 0.376 e. The summed E-state index contributed by atoms with van der Waals surface area (Å²) in [5.74, 6) is -0.253. The fourth-order valence-electron chi connectivity index (χ4n) is 1.88. The molecular formula is C17H18ClN3O2. The molecule has 2 rings (SSSR count). The van der Waals surface area contributed by atoms with E-state index in [2.05, 4.69) is 16.0 Å². The Kier molecular flexibility index (Phi) is 6.00. The van der Waals surface area contributed by atoms with E-state index in [-0.39, 0.29) is 18.4 Å². The van der Waals surface area contributed by atoms with Gasteiger partial charge in [0.05, 0.1) is 6.54 Å². The molecule has 120 valence electrons. The molecule has 0 aliphatic heterocycles. The summed E-state index contributed by atoms with van der Waals surface area (Å²) in [5, 5.41) is 9.18. The molecule has 2 amide bonds. The van der Waals surface area contributed by atoms with E-state index >= 15 is 0 Å². The van der Waals surface area contributed by atoms with Crippen LogP contribution < -0.4 is 16.0 Å². The topological polar surface area (TPSA) is 70.2 Å². The summed E-state index contributed by atoms with van der Waals surface area (Å²) in [7, 11) is 0. The Morgan fingerprint density at radius 1 is 0.913 bits per heavy atom. The van der Waals surface area contributed by atoms with Crippen molar-refractivity contribution in [1.29, 1.82) is 0 Å². The number of rotatable bonds is 6. The van der Waals surface area contributed by atoms with Crippen molar-refractivity contribution in [3.05, 3.63) is 53.6 Å². The SMILES string of the molecule is CCC(=O)Nc1cccc(NC(=O)CNc2ccc(Cl)cc2)c1. The molecule has 0 saturated carbocycles. The van der Waals surface area contributed by atoms with Crippen LogP contribution >= 0.6 is 11.6 Å². The minimum absolute atomic E-state index is 0.0714. The third-order valence-electron chi connectivity index (χ3n) is 3.05. The Hall–Kier alpha value is -2.53. The molecule has 0 aliphatic carbocycles. The number of anilines is 3. The second-order valence-corrected chi connectivity index (χ2v) is 5.33. The van der Waals surface area contributed by atoms with Gasteiger partial charge in [-0.05, 0) is 42.5 Å². The summed E-state index contributed by atoms with van der Waals surface area (Å²) in [6.07, 6.45) is 0.404. The van der Waals surface area contributed by atoms with E-state index in [1.54, 1.807) is 55.5 Å². The molecule has 0 atom stereocenters. The van der Waals surface area contributed by atoms with Crippen molar-refractivity contribution in [3.63, 3.8) is 0 Å². The summed E-state index contributed by atoms with van der Waals surface area (Å²) in [6.45, 7) is 1.91. The molecule has 0 unspecified atom stereocenters. The third-order valence-corrected chi connectivity index (χ3v) is 3.30. The minimum Gasteiger partial charge on any atom is -0.376 e. The lowest BCUT2D eigenvalue weighted by atomic mass is 10.2. The average molecular weight is 332 g/mol. The predicted octanol–water partition coefficient (Wildman–Crippen LogP) is 3.74. The van der Waals surface area contributed by atoms with E-state index in [9.17, 15) is 9.59 Å². The Morgan fingerprint density at radius 2 is 1.52 bits per heavy atom. The smallest absolute Gasteiger partial charge is 0.243 e. The molecule has 0 fully saturated rings. The van der Waals surface area contributed by atoms with Gasteiger partial charge >= 0.3 is 0 Å². The van der Waals surface area contributed by atoms with E-state index < -0.39 is 0 Å². The Morgan fingerprint density at radius 3 is 2.13 bits per heavy atom. The van der Waals surface area contributed by atoms with Crippen LogP contribution in [-0.4, -0.2) is 18.4 Å². The molecule has 5 nitrogen and oxygen atoms in total. The van der Waals surface area contributed by atoms with Crippen LogP contribution in [0.25, 0.3) is 0 Å². The van der Waals surface area contributed by atoms with Crippen molar-refractivity contribution < 1.29 is 9.59 Å². The van der Waals surface area contributed by atoms with Crippen molar-refractivity contribution in [2.75, 3.05) is 22.5 Å². The number of nitrogens with one attached hydrogen (secondary N) is 3. The third kappa shape index (κ3) is 5.64. The number of amides is 2. The molecule has 0 saturated heterocycles. The molecule has 0 aliphatic rings. The second-order valence-electron chi connectivity index (χ2n) is 4.89. The predicted molar refractivity (Wildman–Crippen MR) is 93.9 cm³/mol. The van der Waals surface area contributed by atoms with Gasteiger partial charge in [-0.1, -0.05) is 24.6 Å². The molecule has 2 aromatic rings. The number of carbonyl (C=O) groups excluding carboxylic acids is 2. The van der Waals surface area contributed by atoms with Gasteiger partial charge in [0.2, 0.25) is 11.8 Å². The minimum atomic E-state index is -0.182. The van der Waals surface area contributed by atoms with Crippen LogP contribution in [0.5, 0.6) is 0 Å². The monoisotopic (exact) mass is 331 g/mol. The number of carbonyl (C=O) groups is 2. The highest BCUT2D eigenvalue weighted by atomic mass is 35.5. The van der Waals surface area contributed by atoms with Crippen molar-refractivity contribution in [3.8, 4) is 0 Å². The first-order valence-corrected chi connectivity index (χ1v) is 7.64. The van der Waals surface area contributed by atoms with E-state index in [0.29, 0.717) is 22.8 Å². The van der Waals surface area contributed by atoms with Gasteiger partial charge in [0.15, 0.2) is 0 Å². The summed E-state index contributed by atoms with van der Waals surface area (Å²) in [4.78, 5) is 23.3. The molecular weight excluding hydrogens is 314 g/mol. The van der Waals surface area contributed by atoms with Gasteiger partial charge in [0, 0.05) is 28.5 Å². The highest BCUT2D eigenvalue weighted by Crippen LogP contribution is 2.16. The molecule has 0 radical (unpaired) electrons. The van der Waals surface area contributed by atoms with Crippen molar-refractivity contribution in [2.45, 2.75) is 13.3 Å². The Labute approximate surface area is 140 Å². The lowest BCUT2D eigenvalue weighted by Gasteiger charge is -2.09. The summed E-state index contributed by atoms with van der Waals surface area (Å²) in [5.41, 5.74) is 2.09. The van der Waals surface area contributed by atoms with E-state index in [1.807, 2.05) is 0 Å². The number of hydrogen-bond acceptors (Lipinski definition) is 3. The zero-order chi connectivity index (χ0) is 16.7. The molecule has 0 spiro atoms. The van der Waals surface area contributed by atoms with Gasteiger partial charge in [-0.25, -0.2) is 0 Å². The van der Waals surface area contributed by atoms with Crippen molar-refractivity contribution >= 4 is 40.5 Å². The highest BCUT2D eigenvalue weighted by molar-refractivity contribution is 6.30. The van der Waals surface area contributed by atoms with Gasteiger partial charge in [-0.3, -0.25) is 9.59 Å². The molecule has 6 heteroatoms. The number of halogens is 1. The lowest BCUT2D eigenvalue weighted by Crippen LogP contribution is -2.21. The van der Waals surface area contributed by atoms with Crippen LogP contribution in [0.15, 0.2) is 48.5 Å². The van der Waals surface area contributed by atoms with Crippen molar-refractivity contribution in [2.24, 2.45) is 0 Å². The quantitative estimate of drug-likeness (QED) is 0.755. The van der Waals surface area contributed by atoms with E-state index in [0.717, 1.165) is 5.69 Å². The number of hydrogen-bond donors (Lipinski definition) is 3. The van der Waals surface area contributed by atoms with Crippen LogP contribution in [0.4, 0.5) is 17.1 Å². The van der Waals surface area contributed by atoms with Gasteiger partial charge in [0.25, 0.3) is 0 Å². The fourth-order valence-corrected chi connectivity index (χ4v) is 2.01. The van der Waals surface area contributed by atoms with Gasteiger partial charge < -0.3 is 16.0 Å². The van der Waals surface area contributed by atoms with Crippen LogP contribution in [0.3, 0.4) is 0 Å². The molecule has 0 heterocycles. The van der Waals surface area contributed by atoms with Crippen LogP contribution in [-0.2, 0) is 9.59 Å². The molecule has 0 aromatic heterocycles. The standard InChI is InChI=1S/C17H18ClN3O2/c1-2-16(22)20-14-4-3-5-15(10-14)21-17(23)11-19-13-8-6-12(18)7-9-13/h3-10,19H,2,11H2,1H3,(H,20,22)(H,21,23). The maximum atomic E-state index is 12.0. The zero-order valence-electron chi connectivity index (χ0n) is 12.7. The van der Waals surface area contributed by atoms with E-state index in [4.69, 9.17) is 11.6 Å². The first kappa shape index (κ1) is 16.8. The first-order chi connectivity index (χ1) is 11.1. The summed E-state index contributed by atoms with van der Waals surface area (Å²) >= 11 is 5.81. The molecule has 23 heavy (non-hydrogen) atoms. The lowest BCUT2D eigenvalue weighted by molar-refractivity contribution is -0.116. The maximum Gasteiger partial charge on any atom is 0.243 e. The molecule has 2 aromatic carbocycles. The first-order valence-electron chi connectivity index (χ1n) is 7.26. The second kappa shape index (κ2) is 8.19. The van der Waals surface area contributed by atoms with Crippen LogP contribution in [0.2, 0.25) is 5.02 Å². The summed E-state index contributed by atoms with van der Waals surface area (Å²) in [6, 6.07) is 14.1. The van der Waals surface area contributed by atoms with Gasteiger partial charge in [-0.15, -0.1) is 0 Å².